The maximum Gasteiger partial charge on any atom is 0.408 e. The molecule has 0 aliphatic heterocycles. The molecule has 1 aliphatic carbocycles. The van der Waals surface area contributed by atoms with Crippen LogP contribution in [0, 0.1) is 0 Å². The normalized spacial score (nSPS) is 16.8. The van der Waals surface area contributed by atoms with Crippen LogP contribution in [-0.4, -0.2) is 33.9 Å². The van der Waals surface area contributed by atoms with Gasteiger partial charge in [-0.2, -0.15) is 4.98 Å². The molecule has 0 spiro atoms. The molecule has 8 heteroatoms. The zero-order valence-electron chi connectivity index (χ0n) is 15.7. The van der Waals surface area contributed by atoms with Crippen LogP contribution in [0.25, 0.3) is 11.4 Å². The second-order valence-electron chi connectivity index (χ2n) is 7.45. The molecule has 1 aliphatic rings. The molecule has 2 aromatic rings. The summed E-state index contributed by atoms with van der Waals surface area (Å²) in [6, 6.07) is 3.26. The Kier molecular flexibility index (Phi) is 4.70. The second-order valence-corrected chi connectivity index (χ2v) is 7.45. The van der Waals surface area contributed by atoms with Crippen molar-refractivity contribution in [2.75, 3.05) is 7.11 Å². The lowest BCUT2D eigenvalue weighted by molar-refractivity contribution is 0.0499. The van der Waals surface area contributed by atoms with E-state index in [-0.39, 0.29) is 5.60 Å². The Morgan fingerprint density at radius 3 is 2.73 bits per heavy atom. The van der Waals surface area contributed by atoms with Crippen LogP contribution in [0.3, 0.4) is 0 Å². The zero-order valence-corrected chi connectivity index (χ0v) is 15.7. The van der Waals surface area contributed by atoms with Crippen LogP contribution in [0.4, 0.5) is 4.79 Å². The van der Waals surface area contributed by atoms with Crippen molar-refractivity contribution in [1.29, 1.82) is 0 Å². The van der Waals surface area contributed by atoms with E-state index < -0.39 is 17.7 Å². The number of ether oxygens (including phenoxy) is 2. The minimum absolute atomic E-state index is 0.284. The number of hydrogen-bond acceptors (Lipinski definition) is 7. The molecule has 26 heavy (non-hydrogen) atoms. The van der Waals surface area contributed by atoms with Gasteiger partial charge in [-0.1, -0.05) is 5.16 Å². The van der Waals surface area contributed by atoms with E-state index in [1.807, 2.05) is 12.1 Å². The lowest BCUT2D eigenvalue weighted by Gasteiger charge is -2.20. The summed E-state index contributed by atoms with van der Waals surface area (Å²) in [5.74, 6) is 0.741. The molecular formula is C18H24N4O4. The molecule has 0 unspecified atom stereocenters. The predicted octanol–water partition coefficient (Wildman–Crippen LogP) is 3.35. The van der Waals surface area contributed by atoms with Crippen molar-refractivity contribution in [3.63, 3.8) is 0 Å². The number of methoxy groups -OCH3 is 1. The lowest BCUT2D eigenvalue weighted by Crippen LogP contribution is -2.34. The number of hydrogen-bond donors (Lipinski definition) is 1. The third-order valence-corrected chi connectivity index (χ3v) is 4.13. The molecule has 140 valence electrons. The largest absolute Gasteiger partial charge is 0.444 e. The molecule has 1 amide bonds. The predicted molar refractivity (Wildman–Crippen MR) is 93.2 cm³/mol. The lowest BCUT2D eigenvalue weighted by atomic mass is 10.1. The van der Waals surface area contributed by atoms with Gasteiger partial charge in [0.1, 0.15) is 17.2 Å². The van der Waals surface area contributed by atoms with Crippen LogP contribution in [-0.2, 0) is 15.1 Å². The SMILES string of the molecule is COC1(c2cc(-c3noc([C@H](C)NC(=O)OC(C)(C)C)n3)ccn2)CC1. The second kappa shape index (κ2) is 6.68. The molecule has 3 rings (SSSR count). The van der Waals surface area contributed by atoms with E-state index in [9.17, 15) is 4.79 Å². The smallest absolute Gasteiger partial charge is 0.408 e. The molecule has 2 heterocycles. The van der Waals surface area contributed by atoms with E-state index in [4.69, 9.17) is 14.0 Å². The van der Waals surface area contributed by atoms with Crippen molar-refractivity contribution in [2.45, 2.75) is 57.8 Å². The van der Waals surface area contributed by atoms with Crippen LogP contribution in [0.15, 0.2) is 22.9 Å². The van der Waals surface area contributed by atoms with E-state index in [1.165, 1.54) is 0 Å². The number of carbonyl (C=O) groups is 1. The maximum atomic E-state index is 11.9. The minimum atomic E-state index is -0.572. The number of rotatable bonds is 5. The first-order valence-electron chi connectivity index (χ1n) is 8.58. The first-order valence-corrected chi connectivity index (χ1v) is 8.58. The maximum absolute atomic E-state index is 11.9. The molecular weight excluding hydrogens is 336 g/mol. The van der Waals surface area contributed by atoms with Gasteiger partial charge in [0.15, 0.2) is 0 Å². The van der Waals surface area contributed by atoms with Gasteiger partial charge in [-0.25, -0.2) is 4.79 Å². The molecule has 0 radical (unpaired) electrons. The van der Waals surface area contributed by atoms with Gasteiger partial charge in [0, 0.05) is 18.9 Å². The molecule has 1 saturated carbocycles. The van der Waals surface area contributed by atoms with Gasteiger partial charge in [-0.15, -0.1) is 0 Å². The number of carbonyl (C=O) groups excluding carboxylic acids is 1. The Bertz CT molecular complexity index is 792. The number of aromatic nitrogens is 3. The first kappa shape index (κ1) is 18.3. The van der Waals surface area contributed by atoms with Crippen molar-refractivity contribution >= 4 is 6.09 Å². The highest BCUT2D eigenvalue weighted by Gasteiger charge is 2.46. The molecule has 1 fully saturated rings. The fraction of sp³-hybridized carbons (Fsp3) is 0.556. The third kappa shape index (κ3) is 4.01. The van der Waals surface area contributed by atoms with Crippen molar-refractivity contribution in [1.82, 2.24) is 20.4 Å². The molecule has 2 aromatic heterocycles. The highest BCUT2D eigenvalue weighted by atomic mass is 16.6. The Morgan fingerprint density at radius 1 is 1.38 bits per heavy atom. The highest BCUT2D eigenvalue weighted by molar-refractivity contribution is 5.68. The van der Waals surface area contributed by atoms with Gasteiger partial charge in [0.25, 0.3) is 0 Å². The number of nitrogens with one attached hydrogen (secondary N) is 1. The summed E-state index contributed by atoms with van der Waals surface area (Å²) < 4.78 is 16.1. The summed E-state index contributed by atoms with van der Waals surface area (Å²) in [6.07, 6.45) is 3.08. The van der Waals surface area contributed by atoms with Gasteiger partial charge >= 0.3 is 6.09 Å². The van der Waals surface area contributed by atoms with Gasteiger partial charge in [-0.05, 0) is 52.7 Å². The first-order chi connectivity index (χ1) is 12.2. The Balaban J connectivity index is 1.72. The van der Waals surface area contributed by atoms with Crippen molar-refractivity contribution in [3.8, 4) is 11.4 Å². The minimum Gasteiger partial charge on any atom is -0.444 e. The fourth-order valence-corrected chi connectivity index (χ4v) is 2.57. The summed E-state index contributed by atoms with van der Waals surface area (Å²) in [6.45, 7) is 7.16. The summed E-state index contributed by atoms with van der Waals surface area (Å²) >= 11 is 0. The standard InChI is InChI=1S/C18H24N4O4/c1-11(20-16(23)25-17(2,3)4)15-21-14(22-26-15)12-6-9-19-13(10-12)18(24-5)7-8-18/h6,9-11H,7-8H2,1-5H3,(H,20,23)/t11-/m0/s1. The van der Waals surface area contributed by atoms with Crippen LogP contribution in [0.1, 0.15) is 58.2 Å². The molecule has 0 saturated heterocycles. The Morgan fingerprint density at radius 2 is 2.12 bits per heavy atom. The summed E-state index contributed by atoms with van der Waals surface area (Å²) in [7, 11) is 1.69. The Labute approximate surface area is 152 Å². The summed E-state index contributed by atoms with van der Waals surface area (Å²) in [5, 5.41) is 6.69. The van der Waals surface area contributed by atoms with Crippen molar-refractivity contribution in [2.24, 2.45) is 0 Å². The molecule has 0 aromatic carbocycles. The number of nitrogens with zero attached hydrogens (tertiary/aromatic N) is 3. The number of pyridine rings is 1. The zero-order chi connectivity index (χ0) is 18.9. The van der Waals surface area contributed by atoms with Gasteiger partial charge in [0.2, 0.25) is 11.7 Å². The fourth-order valence-electron chi connectivity index (χ4n) is 2.57. The van der Waals surface area contributed by atoms with E-state index in [0.717, 1.165) is 24.1 Å². The van der Waals surface area contributed by atoms with Crippen LogP contribution < -0.4 is 5.32 Å². The number of alkyl carbamates (subject to hydrolysis) is 1. The van der Waals surface area contributed by atoms with Gasteiger partial charge < -0.3 is 19.3 Å². The Hall–Kier alpha value is -2.48. The van der Waals surface area contributed by atoms with Crippen molar-refractivity contribution in [3.05, 3.63) is 29.9 Å². The average Bonchev–Trinajstić information content (AvgIpc) is 3.21. The van der Waals surface area contributed by atoms with E-state index in [0.29, 0.717) is 11.7 Å². The van der Waals surface area contributed by atoms with Crippen LogP contribution in [0.5, 0.6) is 0 Å². The van der Waals surface area contributed by atoms with Gasteiger partial charge in [0.05, 0.1) is 5.69 Å². The topological polar surface area (TPSA) is 99.4 Å². The van der Waals surface area contributed by atoms with Crippen molar-refractivity contribution < 1.29 is 18.8 Å². The van der Waals surface area contributed by atoms with E-state index in [2.05, 4.69) is 20.4 Å². The van der Waals surface area contributed by atoms with E-state index in [1.54, 1.807) is 41.0 Å². The third-order valence-electron chi connectivity index (χ3n) is 4.13. The number of amides is 1. The quantitative estimate of drug-likeness (QED) is 0.872. The molecule has 1 N–H and O–H groups in total. The summed E-state index contributed by atoms with van der Waals surface area (Å²) in [4.78, 5) is 20.7. The molecule has 8 nitrogen and oxygen atoms in total. The van der Waals surface area contributed by atoms with Crippen LogP contribution >= 0.6 is 0 Å². The molecule has 1 atom stereocenters. The van der Waals surface area contributed by atoms with Crippen LogP contribution in [0.2, 0.25) is 0 Å². The molecule has 0 bridgehead atoms. The van der Waals surface area contributed by atoms with E-state index >= 15 is 0 Å². The average molecular weight is 360 g/mol. The monoisotopic (exact) mass is 360 g/mol. The highest BCUT2D eigenvalue weighted by Crippen LogP contribution is 2.48. The van der Waals surface area contributed by atoms with Gasteiger partial charge in [-0.3, -0.25) is 4.98 Å². The summed E-state index contributed by atoms with van der Waals surface area (Å²) in [5.41, 5.74) is 0.799.